The van der Waals surface area contributed by atoms with Crippen molar-refractivity contribution in [3.63, 3.8) is 0 Å². The third kappa shape index (κ3) is 4.16. The summed E-state index contributed by atoms with van der Waals surface area (Å²) in [5.74, 6) is -0.160. The summed E-state index contributed by atoms with van der Waals surface area (Å²) in [5, 5.41) is 3.87. The molecule has 3 aromatic rings. The largest absolute Gasteiger partial charge is 0.593 e. The molecule has 4 rings (SSSR count). The van der Waals surface area contributed by atoms with Crippen molar-refractivity contribution < 1.29 is 9.35 Å². The number of aromatic amines is 1. The SMILES string of the molecule is O=C(NCc1ccc([S+]([O-])N2CCCCC2)cc1)c1cc2ccncc2[nH]1. The predicted molar refractivity (Wildman–Crippen MR) is 106 cm³/mol. The molecule has 0 spiro atoms. The zero-order valence-corrected chi connectivity index (χ0v) is 15.8. The number of hydrogen-bond donors (Lipinski definition) is 2. The number of amides is 1. The molecule has 0 radical (unpaired) electrons. The Kier molecular flexibility index (Phi) is 5.42. The normalized spacial score (nSPS) is 16.3. The van der Waals surface area contributed by atoms with Gasteiger partial charge in [-0.2, -0.15) is 0 Å². The molecule has 6 nitrogen and oxygen atoms in total. The van der Waals surface area contributed by atoms with Gasteiger partial charge in [0.05, 0.1) is 23.1 Å². The van der Waals surface area contributed by atoms with Gasteiger partial charge in [0.1, 0.15) is 5.69 Å². The Morgan fingerprint density at radius 3 is 2.70 bits per heavy atom. The highest BCUT2D eigenvalue weighted by atomic mass is 32.2. The van der Waals surface area contributed by atoms with Crippen molar-refractivity contribution >= 4 is 28.2 Å². The molecule has 7 heteroatoms. The molecule has 1 aliphatic heterocycles. The highest BCUT2D eigenvalue weighted by Crippen LogP contribution is 2.21. The molecule has 2 aromatic heterocycles. The third-order valence-corrected chi connectivity index (χ3v) is 6.31. The van der Waals surface area contributed by atoms with Gasteiger partial charge < -0.3 is 14.9 Å². The van der Waals surface area contributed by atoms with E-state index in [1.165, 1.54) is 6.42 Å². The Morgan fingerprint density at radius 1 is 1.19 bits per heavy atom. The Labute approximate surface area is 161 Å². The number of benzene rings is 1. The van der Waals surface area contributed by atoms with Crippen LogP contribution in [0.3, 0.4) is 0 Å². The highest BCUT2D eigenvalue weighted by molar-refractivity contribution is 7.89. The van der Waals surface area contributed by atoms with Gasteiger partial charge in [0, 0.05) is 31.2 Å². The maximum absolute atomic E-state index is 12.6. The van der Waals surface area contributed by atoms with Crippen LogP contribution in [-0.2, 0) is 17.9 Å². The summed E-state index contributed by atoms with van der Waals surface area (Å²) in [5.41, 5.74) is 2.33. The molecule has 1 amide bonds. The van der Waals surface area contributed by atoms with E-state index in [-0.39, 0.29) is 5.91 Å². The van der Waals surface area contributed by atoms with E-state index in [0.717, 1.165) is 47.3 Å². The van der Waals surface area contributed by atoms with E-state index in [1.807, 2.05) is 40.7 Å². The van der Waals surface area contributed by atoms with Crippen molar-refractivity contribution in [3.8, 4) is 0 Å². The van der Waals surface area contributed by atoms with Gasteiger partial charge in [0.2, 0.25) is 0 Å². The van der Waals surface area contributed by atoms with Crippen LogP contribution in [0.5, 0.6) is 0 Å². The summed E-state index contributed by atoms with van der Waals surface area (Å²) in [4.78, 5) is 20.3. The highest BCUT2D eigenvalue weighted by Gasteiger charge is 2.24. The molecule has 1 fully saturated rings. The molecule has 1 atom stereocenters. The molecule has 1 unspecified atom stereocenters. The van der Waals surface area contributed by atoms with Crippen molar-refractivity contribution in [2.75, 3.05) is 13.1 Å². The minimum absolute atomic E-state index is 0.160. The second-order valence-electron chi connectivity index (χ2n) is 6.71. The van der Waals surface area contributed by atoms with E-state index < -0.39 is 11.4 Å². The van der Waals surface area contributed by atoms with E-state index in [1.54, 1.807) is 12.4 Å². The van der Waals surface area contributed by atoms with Crippen molar-refractivity contribution in [1.29, 1.82) is 0 Å². The lowest BCUT2D eigenvalue weighted by atomic mass is 10.2. The van der Waals surface area contributed by atoms with Crippen LogP contribution in [0.2, 0.25) is 0 Å². The fourth-order valence-corrected chi connectivity index (χ4v) is 4.53. The van der Waals surface area contributed by atoms with Crippen LogP contribution < -0.4 is 5.32 Å². The van der Waals surface area contributed by atoms with Gasteiger partial charge >= 0.3 is 0 Å². The minimum atomic E-state index is -1.09. The van der Waals surface area contributed by atoms with Gasteiger partial charge in [0.25, 0.3) is 5.91 Å². The fourth-order valence-electron chi connectivity index (χ4n) is 3.28. The fraction of sp³-hybridized carbons (Fsp3) is 0.300. The number of piperidine rings is 1. The molecule has 0 saturated carbocycles. The van der Waals surface area contributed by atoms with Crippen molar-refractivity contribution in [2.45, 2.75) is 30.7 Å². The number of rotatable bonds is 5. The number of nitrogens with zero attached hydrogens (tertiary/aromatic N) is 2. The Balaban J connectivity index is 1.36. The lowest BCUT2D eigenvalue weighted by molar-refractivity contribution is 0.0946. The quantitative estimate of drug-likeness (QED) is 0.665. The standard InChI is InChI=1S/C20H22N4O2S/c25-20(18-12-16-8-9-21-14-19(16)23-18)22-13-15-4-6-17(7-5-15)27(26)24-10-2-1-3-11-24/h4-9,12,14,23H,1-3,10-11,13H2,(H,22,25). The van der Waals surface area contributed by atoms with Gasteiger partial charge in [0.15, 0.2) is 4.90 Å². The first-order chi connectivity index (χ1) is 13.2. The number of pyridine rings is 1. The van der Waals surface area contributed by atoms with Crippen LogP contribution in [0.1, 0.15) is 35.3 Å². The summed E-state index contributed by atoms with van der Waals surface area (Å²) < 4.78 is 14.6. The first-order valence-electron chi connectivity index (χ1n) is 9.17. The summed E-state index contributed by atoms with van der Waals surface area (Å²) in [7, 11) is 0. The number of hydrogen-bond acceptors (Lipinski definition) is 4. The van der Waals surface area contributed by atoms with Crippen molar-refractivity contribution in [2.24, 2.45) is 0 Å². The summed E-state index contributed by atoms with van der Waals surface area (Å²) in [6.07, 6.45) is 6.85. The lowest BCUT2D eigenvalue weighted by Crippen LogP contribution is -2.35. The number of carbonyl (C=O) groups is 1. The molecule has 3 heterocycles. The van der Waals surface area contributed by atoms with E-state index in [0.29, 0.717) is 12.2 Å². The summed E-state index contributed by atoms with van der Waals surface area (Å²) in [6.45, 7) is 2.21. The second-order valence-corrected chi connectivity index (χ2v) is 8.20. The van der Waals surface area contributed by atoms with Gasteiger partial charge in [-0.1, -0.05) is 18.6 Å². The molecular formula is C20H22N4O2S. The van der Waals surface area contributed by atoms with Gasteiger partial charge in [-0.15, -0.1) is 4.31 Å². The first-order valence-corrected chi connectivity index (χ1v) is 10.3. The molecule has 1 aromatic carbocycles. The average molecular weight is 382 g/mol. The van der Waals surface area contributed by atoms with Gasteiger partial charge in [-0.3, -0.25) is 9.78 Å². The summed E-state index contributed by atoms with van der Waals surface area (Å²) >= 11 is -1.09. The lowest BCUT2D eigenvalue weighted by Gasteiger charge is -2.27. The maximum atomic E-state index is 12.6. The van der Waals surface area contributed by atoms with Crippen LogP contribution in [0.25, 0.3) is 10.9 Å². The smallest absolute Gasteiger partial charge is 0.267 e. The third-order valence-electron chi connectivity index (χ3n) is 4.80. The predicted octanol–water partition coefficient (Wildman–Crippen LogP) is 3.00. The van der Waals surface area contributed by atoms with Crippen LogP contribution >= 0.6 is 0 Å². The van der Waals surface area contributed by atoms with Gasteiger partial charge in [-0.05, 0) is 42.7 Å². The second kappa shape index (κ2) is 8.12. The zero-order chi connectivity index (χ0) is 18.6. The minimum Gasteiger partial charge on any atom is -0.593 e. The van der Waals surface area contributed by atoms with Crippen LogP contribution in [0, 0.1) is 0 Å². The Morgan fingerprint density at radius 2 is 1.96 bits per heavy atom. The van der Waals surface area contributed by atoms with E-state index in [9.17, 15) is 9.35 Å². The zero-order valence-electron chi connectivity index (χ0n) is 15.0. The van der Waals surface area contributed by atoms with Crippen LogP contribution in [0.4, 0.5) is 0 Å². The monoisotopic (exact) mass is 382 g/mol. The number of H-pyrrole nitrogens is 1. The molecule has 1 aliphatic rings. The van der Waals surface area contributed by atoms with Gasteiger partial charge in [-0.25, -0.2) is 0 Å². The number of nitrogens with one attached hydrogen (secondary N) is 2. The van der Waals surface area contributed by atoms with Crippen LogP contribution in [-0.4, -0.2) is 37.8 Å². The number of carbonyl (C=O) groups excluding carboxylic acids is 1. The van der Waals surface area contributed by atoms with Crippen LogP contribution in [0.15, 0.2) is 53.7 Å². The number of aromatic nitrogens is 2. The van der Waals surface area contributed by atoms with Crippen molar-refractivity contribution in [1.82, 2.24) is 19.6 Å². The average Bonchev–Trinajstić information content (AvgIpc) is 3.17. The molecule has 1 saturated heterocycles. The molecule has 2 N–H and O–H groups in total. The Hall–Kier alpha value is -2.35. The molecular weight excluding hydrogens is 360 g/mol. The topological polar surface area (TPSA) is 84.1 Å². The van der Waals surface area contributed by atoms with Crippen molar-refractivity contribution in [3.05, 3.63) is 60.0 Å². The summed E-state index contributed by atoms with van der Waals surface area (Å²) in [6, 6.07) is 11.3. The number of fused-ring (bicyclic) bond motifs is 1. The van der Waals surface area contributed by atoms with E-state index >= 15 is 0 Å². The molecule has 27 heavy (non-hydrogen) atoms. The Bertz CT molecular complexity index is 886. The first kappa shape index (κ1) is 18.0. The maximum Gasteiger partial charge on any atom is 0.267 e. The van der Waals surface area contributed by atoms with E-state index in [4.69, 9.17) is 0 Å². The molecule has 0 bridgehead atoms. The van der Waals surface area contributed by atoms with E-state index in [2.05, 4.69) is 15.3 Å². The molecule has 140 valence electrons. The molecule has 0 aliphatic carbocycles.